The van der Waals surface area contributed by atoms with Crippen LogP contribution in [0.5, 0.6) is 0 Å². The molecule has 2 nitrogen and oxygen atoms in total. The molecule has 2 heteroatoms. The van der Waals surface area contributed by atoms with E-state index in [0.717, 1.165) is 24.0 Å². The summed E-state index contributed by atoms with van der Waals surface area (Å²) in [7, 11) is 0. The summed E-state index contributed by atoms with van der Waals surface area (Å²) < 4.78 is 0. The Balaban J connectivity index is 2.28. The van der Waals surface area contributed by atoms with Crippen LogP contribution >= 0.6 is 0 Å². The smallest absolute Gasteiger partial charge is 0.170 e. The third-order valence-electron chi connectivity index (χ3n) is 3.01. The molecule has 0 unspecified atom stereocenters. The van der Waals surface area contributed by atoms with Crippen LogP contribution < -0.4 is 5.73 Å². The Morgan fingerprint density at radius 2 is 2.21 bits per heavy atom. The van der Waals surface area contributed by atoms with Crippen molar-refractivity contribution in [3.8, 4) is 0 Å². The van der Waals surface area contributed by atoms with Crippen molar-refractivity contribution in [1.82, 2.24) is 0 Å². The number of carbonyl (C=O) groups excluding carboxylic acids is 1. The van der Waals surface area contributed by atoms with E-state index in [9.17, 15) is 4.79 Å². The van der Waals surface area contributed by atoms with Gasteiger partial charge >= 0.3 is 0 Å². The second kappa shape index (κ2) is 3.21. The van der Waals surface area contributed by atoms with Crippen molar-refractivity contribution in [1.29, 1.82) is 0 Å². The van der Waals surface area contributed by atoms with E-state index in [2.05, 4.69) is 0 Å². The first-order chi connectivity index (χ1) is 6.68. The third kappa shape index (κ3) is 1.46. The summed E-state index contributed by atoms with van der Waals surface area (Å²) in [6.07, 6.45) is 1.91. The van der Waals surface area contributed by atoms with Crippen LogP contribution in [0.2, 0.25) is 0 Å². The molecular weight excluding hydrogens is 174 g/mol. The van der Waals surface area contributed by atoms with Gasteiger partial charge in [-0.25, -0.2) is 0 Å². The zero-order valence-corrected chi connectivity index (χ0v) is 8.42. The molecule has 1 aliphatic carbocycles. The number of nitrogens with two attached hydrogens (primary N) is 1. The summed E-state index contributed by atoms with van der Waals surface area (Å²) in [6, 6.07) is 7.75. The molecule has 1 aromatic rings. The summed E-state index contributed by atoms with van der Waals surface area (Å²) in [6.45, 7) is 2.48. The van der Waals surface area contributed by atoms with Gasteiger partial charge in [0, 0.05) is 17.5 Å². The third-order valence-corrected chi connectivity index (χ3v) is 3.01. The van der Waals surface area contributed by atoms with E-state index in [1.54, 1.807) is 0 Å². The van der Waals surface area contributed by atoms with Crippen molar-refractivity contribution in [2.45, 2.75) is 19.8 Å². The van der Waals surface area contributed by atoms with Crippen LogP contribution in [0, 0.1) is 12.3 Å². The highest BCUT2D eigenvalue weighted by Gasteiger charge is 2.48. The van der Waals surface area contributed by atoms with Gasteiger partial charge in [-0.15, -0.1) is 0 Å². The van der Waals surface area contributed by atoms with E-state index in [1.807, 2.05) is 31.2 Å². The van der Waals surface area contributed by atoms with Gasteiger partial charge in [-0.2, -0.15) is 0 Å². The number of rotatable bonds is 3. The quantitative estimate of drug-likeness (QED) is 0.738. The van der Waals surface area contributed by atoms with E-state index in [1.165, 1.54) is 0 Å². The van der Waals surface area contributed by atoms with Gasteiger partial charge in [0.2, 0.25) is 0 Å². The summed E-state index contributed by atoms with van der Waals surface area (Å²) in [5, 5.41) is 0. The molecule has 0 aliphatic heterocycles. The molecule has 1 aromatic carbocycles. The van der Waals surface area contributed by atoms with Gasteiger partial charge in [-0.1, -0.05) is 23.8 Å². The highest BCUT2D eigenvalue weighted by Crippen LogP contribution is 2.47. The first-order valence-corrected chi connectivity index (χ1v) is 4.99. The second-order valence-corrected chi connectivity index (χ2v) is 4.18. The first kappa shape index (κ1) is 9.41. The number of hydrogen-bond donors (Lipinski definition) is 1. The fourth-order valence-electron chi connectivity index (χ4n) is 1.77. The largest absolute Gasteiger partial charge is 0.329 e. The number of benzene rings is 1. The number of hydrogen-bond acceptors (Lipinski definition) is 2. The van der Waals surface area contributed by atoms with E-state index in [0.29, 0.717) is 6.54 Å². The lowest BCUT2D eigenvalue weighted by Crippen LogP contribution is -2.25. The number of ketones is 1. The number of aryl methyl sites for hydroxylation is 1. The van der Waals surface area contributed by atoms with E-state index in [4.69, 9.17) is 5.73 Å². The molecule has 0 spiro atoms. The van der Waals surface area contributed by atoms with Crippen molar-refractivity contribution in [2.24, 2.45) is 11.1 Å². The van der Waals surface area contributed by atoms with Gasteiger partial charge < -0.3 is 5.73 Å². The highest BCUT2D eigenvalue weighted by atomic mass is 16.1. The summed E-state index contributed by atoms with van der Waals surface area (Å²) in [4.78, 5) is 12.0. The minimum Gasteiger partial charge on any atom is -0.329 e. The maximum absolute atomic E-state index is 12.0. The SMILES string of the molecule is Cc1cccc(C(=O)C2(CN)CC2)c1. The molecule has 0 heterocycles. The Morgan fingerprint density at radius 3 is 2.71 bits per heavy atom. The van der Waals surface area contributed by atoms with Crippen molar-refractivity contribution < 1.29 is 4.79 Å². The summed E-state index contributed by atoms with van der Waals surface area (Å²) in [5.74, 6) is 0.226. The molecule has 14 heavy (non-hydrogen) atoms. The van der Waals surface area contributed by atoms with Crippen molar-refractivity contribution in [3.63, 3.8) is 0 Å². The van der Waals surface area contributed by atoms with E-state index < -0.39 is 0 Å². The fraction of sp³-hybridized carbons (Fsp3) is 0.417. The predicted molar refractivity (Wildman–Crippen MR) is 56.2 cm³/mol. The molecule has 2 rings (SSSR count). The zero-order valence-electron chi connectivity index (χ0n) is 8.42. The Labute approximate surface area is 84.1 Å². The molecule has 0 radical (unpaired) electrons. The number of Topliss-reactive ketones (excluding diaryl/α,β-unsaturated/α-hetero) is 1. The van der Waals surface area contributed by atoms with Gasteiger partial charge in [0.05, 0.1) is 0 Å². The maximum atomic E-state index is 12.0. The highest BCUT2D eigenvalue weighted by molar-refractivity contribution is 6.02. The first-order valence-electron chi connectivity index (χ1n) is 4.99. The van der Waals surface area contributed by atoms with Crippen molar-refractivity contribution >= 4 is 5.78 Å². The number of carbonyl (C=O) groups is 1. The minimum atomic E-state index is -0.214. The van der Waals surface area contributed by atoms with Gasteiger partial charge in [0.15, 0.2) is 5.78 Å². The molecule has 1 fully saturated rings. The molecular formula is C12H15NO. The Bertz CT molecular complexity index is 366. The Kier molecular flexibility index (Phi) is 2.16. The maximum Gasteiger partial charge on any atom is 0.170 e. The van der Waals surface area contributed by atoms with Crippen LogP contribution in [0.25, 0.3) is 0 Å². The molecule has 0 atom stereocenters. The minimum absolute atomic E-state index is 0.214. The lowest BCUT2D eigenvalue weighted by molar-refractivity contribution is 0.0905. The molecule has 1 aliphatic rings. The molecule has 1 saturated carbocycles. The van der Waals surface area contributed by atoms with Crippen LogP contribution in [0.1, 0.15) is 28.8 Å². The van der Waals surface area contributed by atoms with Crippen LogP contribution in [0.15, 0.2) is 24.3 Å². The van der Waals surface area contributed by atoms with Crippen molar-refractivity contribution in [2.75, 3.05) is 6.54 Å². The lowest BCUT2D eigenvalue weighted by Gasteiger charge is -2.10. The standard InChI is InChI=1S/C12H15NO/c1-9-3-2-4-10(7-9)11(14)12(8-13)5-6-12/h2-4,7H,5-6,8,13H2,1H3. The predicted octanol–water partition coefficient (Wildman–Crippen LogP) is 1.92. The van der Waals surface area contributed by atoms with Gasteiger partial charge in [-0.05, 0) is 25.8 Å². The average Bonchev–Trinajstić information content (AvgIpc) is 2.97. The van der Waals surface area contributed by atoms with Gasteiger partial charge in [0.25, 0.3) is 0 Å². The van der Waals surface area contributed by atoms with Gasteiger partial charge in [-0.3, -0.25) is 4.79 Å². The Hall–Kier alpha value is -1.15. The van der Waals surface area contributed by atoms with E-state index in [-0.39, 0.29) is 11.2 Å². The average molecular weight is 189 g/mol. The lowest BCUT2D eigenvalue weighted by atomic mass is 9.94. The van der Waals surface area contributed by atoms with Crippen LogP contribution in [0.4, 0.5) is 0 Å². The molecule has 0 amide bonds. The van der Waals surface area contributed by atoms with E-state index >= 15 is 0 Å². The van der Waals surface area contributed by atoms with Crippen LogP contribution in [-0.2, 0) is 0 Å². The van der Waals surface area contributed by atoms with Crippen LogP contribution in [0.3, 0.4) is 0 Å². The summed E-state index contributed by atoms with van der Waals surface area (Å²) >= 11 is 0. The normalized spacial score (nSPS) is 17.9. The van der Waals surface area contributed by atoms with Crippen LogP contribution in [-0.4, -0.2) is 12.3 Å². The Morgan fingerprint density at radius 1 is 1.50 bits per heavy atom. The second-order valence-electron chi connectivity index (χ2n) is 4.18. The fourth-order valence-corrected chi connectivity index (χ4v) is 1.77. The monoisotopic (exact) mass is 189 g/mol. The van der Waals surface area contributed by atoms with Crippen molar-refractivity contribution in [3.05, 3.63) is 35.4 Å². The molecule has 0 aromatic heterocycles. The molecule has 2 N–H and O–H groups in total. The zero-order chi connectivity index (χ0) is 10.2. The molecule has 0 saturated heterocycles. The summed E-state index contributed by atoms with van der Waals surface area (Å²) in [5.41, 5.74) is 7.35. The molecule has 0 bridgehead atoms. The van der Waals surface area contributed by atoms with Gasteiger partial charge in [0.1, 0.15) is 0 Å². The topological polar surface area (TPSA) is 43.1 Å². The molecule has 74 valence electrons.